The van der Waals surface area contributed by atoms with Crippen LogP contribution in [0.5, 0.6) is 5.75 Å². The van der Waals surface area contributed by atoms with Crippen molar-refractivity contribution in [3.05, 3.63) is 45.9 Å². The van der Waals surface area contributed by atoms with Crippen LogP contribution in [0, 0.1) is 6.92 Å². The van der Waals surface area contributed by atoms with E-state index in [-0.39, 0.29) is 11.9 Å². The zero-order valence-electron chi connectivity index (χ0n) is 15.4. The van der Waals surface area contributed by atoms with E-state index < -0.39 is 0 Å². The third-order valence-electron chi connectivity index (χ3n) is 3.63. The molecule has 0 aliphatic heterocycles. The molecule has 1 aromatic heterocycles. The lowest BCUT2D eigenvalue weighted by molar-refractivity contribution is -0.122. The van der Waals surface area contributed by atoms with E-state index in [1.807, 2.05) is 43.5 Å². The number of hydrogen-bond acceptors (Lipinski definition) is 5. The van der Waals surface area contributed by atoms with Crippen LogP contribution in [0.2, 0.25) is 0 Å². The first-order valence-corrected chi connectivity index (χ1v) is 9.48. The monoisotopic (exact) mass is 361 g/mol. The van der Waals surface area contributed by atoms with E-state index in [1.54, 1.807) is 11.3 Å². The smallest absolute Gasteiger partial charge is 0.234 e. The third kappa shape index (κ3) is 6.84. The fraction of sp³-hybridized carbons (Fsp3) is 0.474. The molecule has 0 radical (unpaired) electrons. The van der Waals surface area contributed by atoms with Gasteiger partial charge in [0.25, 0.3) is 0 Å². The minimum Gasteiger partial charge on any atom is -0.486 e. The molecule has 0 saturated heterocycles. The second kappa shape index (κ2) is 9.53. The van der Waals surface area contributed by atoms with Gasteiger partial charge in [0, 0.05) is 18.0 Å². The molecule has 0 aliphatic carbocycles. The molecule has 1 aromatic carbocycles. The maximum atomic E-state index is 11.9. The Bertz CT molecular complexity index is 668. The Kier molecular flexibility index (Phi) is 7.40. The van der Waals surface area contributed by atoms with Gasteiger partial charge in [0.15, 0.2) is 0 Å². The Hall–Kier alpha value is -1.92. The topological polar surface area (TPSA) is 54.5 Å². The van der Waals surface area contributed by atoms with Gasteiger partial charge in [0.05, 0.1) is 12.2 Å². The molecular weight excluding hydrogens is 334 g/mol. The van der Waals surface area contributed by atoms with Gasteiger partial charge in [-0.25, -0.2) is 4.98 Å². The predicted octanol–water partition coefficient (Wildman–Crippen LogP) is 3.38. The summed E-state index contributed by atoms with van der Waals surface area (Å²) in [7, 11) is 0. The third-order valence-corrected chi connectivity index (χ3v) is 4.50. The first kappa shape index (κ1) is 19.4. The summed E-state index contributed by atoms with van der Waals surface area (Å²) in [5.74, 6) is 0.901. The van der Waals surface area contributed by atoms with Crippen molar-refractivity contribution in [2.24, 2.45) is 0 Å². The molecule has 0 saturated carbocycles. The summed E-state index contributed by atoms with van der Waals surface area (Å²) < 4.78 is 5.77. The Morgan fingerprint density at radius 3 is 2.68 bits per heavy atom. The maximum absolute atomic E-state index is 11.9. The molecule has 0 unspecified atom stereocenters. The second-order valence-electron chi connectivity index (χ2n) is 6.36. The highest BCUT2D eigenvalue weighted by molar-refractivity contribution is 7.09. The molecule has 2 rings (SSSR count). The minimum absolute atomic E-state index is 0.0509. The summed E-state index contributed by atoms with van der Waals surface area (Å²) >= 11 is 1.59. The van der Waals surface area contributed by atoms with Gasteiger partial charge in [-0.2, -0.15) is 0 Å². The van der Waals surface area contributed by atoms with E-state index in [9.17, 15) is 4.79 Å². The first-order valence-electron chi connectivity index (χ1n) is 8.60. The van der Waals surface area contributed by atoms with E-state index in [4.69, 9.17) is 4.74 Å². The minimum atomic E-state index is 0.0509. The molecule has 136 valence electrons. The van der Waals surface area contributed by atoms with Gasteiger partial charge in [0.1, 0.15) is 17.4 Å². The summed E-state index contributed by atoms with van der Waals surface area (Å²) in [6, 6.07) is 8.16. The molecule has 1 N–H and O–H groups in total. The first-order chi connectivity index (χ1) is 12.0. The lowest BCUT2D eigenvalue weighted by Gasteiger charge is -2.19. The van der Waals surface area contributed by atoms with Crippen LogP contribution in [0.25, 0.3) is 0 Å². The normalized spacial score (nSPS) is 11.1. The van der Waals surface area contributed by atoms with E-state index >= 15 is 0 Å². The lowest BCUT2D eigenvalue weighted by atomic mass is 10.2. The average molecular weight is 362 g/mol. The number of likely N-dealkylation sites (N-methyl/N-ethyl adjacent to an activating group) is 1. The molecule has 1 amide bonds. The number of carbonyl (C=O) groups excluding carboxylic acids is 1. The van der Waals surface area contributed by atoms with Crippen molar-refractivity contribution < 1.29 is 9.53 Å². The number of nitrogens with zero attached hydrogens (tertiary/aromatic N) is 2. The second-order valence-corrected chi connectivity index (χ2v) is 7.30. The van der Waals surface area contributed by atoms with Crippen LogP contribution in [-0.2, 0) is 17.9 Å². The van der Waals surface area contributed by atoms with Gasteiger partial charge in [-0.1, -0.05) is 24.6 Å². The van der Waals surface area contributed by atoms with E-state index in [0.717, 1.165) is 23.0 Å². The van der Waals surface area contributed by atoms with Crippen LogP contribution in [0.3, 0.4) is 0 Å². The zero-order chi connectivity index (χ0) is 18.2. The van der Waals surface area contributed by atoms with Gasteiger partial charge >= 0.3 is 0 Å². The van der Waals surface area contributed by atoms with Crippen molar-refractivity contribution in [2.45, 2.75) is 46.9 Å². The summed E-state index contributed by atoms with van der Waals surface area (Å²) in [4.78, 5) is 18.6. The van der Waals surface area contributed by atoms with Crippen molar-refractivity contribution in [3.8, 4) is 5.75 Å². The average Bonchev–Trinajstić information content (AvgIpc) is 3.00. The van der Waals surface area contributed by atoms with Gasteiger partial charge in [-0.3, -0.25) is 9.69 Å². The SMILES string of the molecule is CCN(CC(=O)NC(C)C)Cc1csc(COc2ccc(C)cc2)n1. The summed E-state index contributed by atoms with van der Waals surface area (Å²) in [6.45, 7) is 10.4. The predicted molar refractivity (Wildman–Crippen MR) is 102 cm³/mol. The van der Waals surface area contributed by atoms with Crippen LogP contribution in [0.15, 0.2) is 29.6 Å². The maximum Gasteiger partial charge on any atom is 0.234 e. The Labute approximate surface area is 154 Å². The summed E-state index contributed by atoms with van der Waals surface area (Å²) in [5.41, 5.74) is 2.19. The van der Waals surface area contributed by atoms with Crippen molar-refractivity contribution in [3.63, 3.8) is 0 Å². The number of aryl methyl sites for hydroxylation is 1. The van der Waals surface area contributed by atoms with E-state index in [2.05, 4.69) is 29.0 Å². The van der Waals surface area contributed by atoms with Gasteiger partial charge in [0.2, 0.25) is 5.91 Å². The van der Waals surface area contributed by atoms with Crippen molar-refractivity contribution >= 4 is 17.2 Å². The number of nitrogens with one attached hydrogen (secondary N) is 1. The number of hydrogen-bond donors (Lipinski definition) is 1. The molecule has 2 aromatic rings. The highest BCUT2D eigenvalue weighted by Gasteiger charge is 2.12. The molecular formula is C19H27N3O2S. The number of thiazole rings is 1. The molecule has 1 heterocycles. The number of carbonyl (C=O) groups is 1. The number of amides is 1. The number of ether oxygens (including phenoxy) is 1. The fourth-order valence-electron chi connectivity index (χ4n) is 2.35. The Morgan fingerprint density at radius 2 is 2.04 bits per heavy atom. The standard InChI is InChI=1S/C19H27N3O2S/c1-5-22(11-18(23)20-14(2)3)10-16-13-25-19(21-16)12-24-17-8-6-15(4)7-9-17/h6-9,13-14H,5,10-12H2,1-4H3,(H,20,23). The van der Waals surface area contributed by atoms with Crippen molar-refractivity contribution in [1.82, 2.24) is 15.2 Å². The van der Waals surface area contributed by atoms with E-state index in [0.29, 0.717) is 19.7 Å². The largest absolute Gasteiger partial charge is 0.486 e. The number of rotatable bonds is 9. The molecule has 0 bridgehead atoms. The highest BCUT2D eigenvalue weighted by atomic mass is 32.1. The van der Waals surface area contributed by atoms with Crippen molar-refractivity contribution in [1.29, 1.82) is 0 Å². The lowest BCUT2D eigenvalue weighted by Crippen LogP contribution is -2.39. The van der Waals surface area contributed by atoms with Crippen LogP contribution >= 0.6 is 11.3 Å². The number of aromatic nitrogens is 1. The van der Waals surface area contributed by atoms with Crippen molar-refractivity contribution in [2.75, 3.05) is 13.1 Å². The molecule has 6 heteroatoms. The summed E-state index contributed by atoms with van der Waals surface area (Å²) in [5, 5.41) is 5.90. The van der Waals surface area contributed by atoms with E-state index in [1.165, 1.54) is 5.56 Å². The Morgan fingerprint density at radius 1 is 1.32 bits per heavy atom. The Balaban J connectivity index is 1.84. The molecule has 0 spiro atoms. The molecule has 25 heavy (non-hydrogen) atoms. The zero-order valence-corrected chi connectivity index (χ0v) is 16.2. The quantitative estimate of drug-likeness (QED) is 0.744. The van der Waals surface area contributed by atoms with Gasteiger partial charge < -0.3 is 10.1 Å². The molecule has 0 fully saturated rings. The molecule has 0 atom stereocenters. The van der Waals surface area contributed by atoms with Crippen LogP contribution in [0.1, 0.15) is 37.0 Å². The van der Waals surface area contributed by atoms with Gasteiger partial charge in [-0.15, -0.1) is 11.3 Å². The van der Waals surface area contributed by atoms with Crippen LogP contribution in [-0.4, -0.2) is 34.9 Å². The van der Waals surface area contributed by atoms with Crippen LogP contribution < -0.4 is 10.1 Å². The fourth-order valence-corrected chi connectivity index (χ4v) is 3.04. The van der Waals surface area contributed by atoms with Crippen LogP contribution in [0.4, 0.5) is 0 Å². The highest BCUT2D eigenvalue weighted by Crippen LogP contribution is 2.17. The molecule has 5 nitrogen and oxygen atoms in total. The molecule has 0 aliphatic rings. The number of benzene rings is 1. The summed E-state index contributed by atoms with van der Waals surface area (Å²) in [6.07, 6.45) is 0. The van der Waals surface area contributed by atoms with Gasteiger partial charge in [-0.05, 0) is 39.4 Å².